The molecule has 1 N–H and O–H groups in total. The third-order valence-electron chi connectivity index (χ3n) is 5.01. The van der Waals surface area contributed by atoms with E-state index in [-0.39, 0.29) is 5.91 Å². The third-order valence-corrected chi connectivity index (χ3v) is 5.01. The standard InChI is InChI=1S/C19H26N2O4/c1-24-19(23)16-13-15(21-8-10-25-11-9-21)6-7-17(16)20-18(22)12-14-4-2-3-5-14/h6-7,13-14H,2-5,8-12H2,1H3,(H,20,22). The van der Waals surface area contributed by atoms with Crippen LogP contribution in [0, 0.1) is 5.92 Å². The first kappa shape index (κ1) is 17.7. The predicted octanol–water partition coefficient (Wildman–Crippen LogP) is 2.83. The van der Waals surface area contributed by atoms with Crippen molar-refractivity contribution in [1.29, 1.82) is 0 Å². The van der Waals surface area contributed by atoms with E-state index in [1.807, 2.05) is 6.07 Å². The van der Waals surface area contributed by atoms with Gasteiger partial charge >= 0.3 is 5.97 Å². The third kappa shape index (κ3) is 4.51. The van der Waals surface area contributed by atoms with Crippen LogP contribution in [0.4, 0.5) is 11.4 Å². The lowest BCUT2D eigenvalue weighted by molar-refractivity contribution is -0.117. The maximum absolute atomic E-state index is 12.3. The molecule has 25 heavy (non-hydrogen) atoms. The Morgan fingerprint density at radius 2 is 1.96 bits per heavy atom. The van der Waals surface area contributed by atoms with Gasteiger partial charge in [0.2, 0.25) is 5.91 Å². The van der Waals surface area contributed by atoms with Gasteiger partial charge < -0.3 is 19.7 Å². The molecule has 1 amide bonds. The highest BCUT2D eigenvalue weighted by Crippen LogP contribution is 2.29. The molecule has 0 bridgehead atoms. The van der Waals surface area contributed by atoms with Crippen LogP contribution in [0.25, 0.3) is 0 Å². The molecule has 1 heterocycles. The zero-order chi connectivity index (χ0) is 17.6. The first-order chi connectivity index (χ1) is 12.2. The van der Waals surface area contributed by atoms with Crippen molar-refractivity contribution >= 4 is 23.3 Å². The summed E-state index contributed by atoms with van der Waals surface area (Å²) in [5, 5.41) is 2.90. The fraction of sp³-hybridized carbons (Fsp3) is 0.579. The second-order valence-corrected chi connectivity index (χ2v) is 6.72. The number of nitrogens with one attached hydrogen (secondary N) is 1. The highest BCUT2D eigenvalue weighted by Gasteiger charge is 2.21. The summed E-state index contributed by atoms with van der Waals surface area (Å²) < 4.78 is 10.3. The van der Waals surface area contributed by atoms with E-state index in [2.05, 4.69) is 10.2 Å². The number of ether oxygens (including phenoxy) is 2. The van der Waals surface area contributed by atoms with E-state index in [9.17, 15) is 9.59 Å². The maximum Gasteiger partial charge on any atom is 0.340 e. The van der Waals surface area contributed by atoms with Gasteiger partial charge in [0.1, 0.15) is 0 Å². The lowest BCUT2D eigenvalue weighted by atomic mass is 10.0. The lowest BCUT2D eigenvalue weighted by Gasteiger charge is -2.29. The van der Waals surface area contributed by atoms with Crippen LogP contribution in [-0.4, -0.2) is 45.3 Å². The molecule has 1 saturated heterocycles. The number of morpholine rings is 1. The minimum absolute atomic E-state index is 0.0313. The fourth-order valence-corrected chi connectivity index (χ4v) is 3.62. The van der Waals surface area contributed by atoms with Gasteiger partial charge in [-0.3, -0.25) is 4.79 Å². The Balaban J connectivity index is 1.74. The smallest absolute Gasteiger partial charge is 0.340 e. The molecule has 2 fully saturated rings. The molecule has 0 aromatic heterocycles. The number of amides is 1. The summed E-state index contributed by atoms with van der Waals surface area (Å²) >= 11 is 0. The Kier molecular flexibility index (Phi) is 5.91. The minimum Gasteiger partial charge on any atom is -0.465 e. The second-order valence-electron chi connectivity index (χ2n) is 6.72. The van der Waals surface area contributed by atoms with Crippen molar-refractivity contribution in [3.8, 4) is 0 Å². The molecule has 1 aromatic carbocycles. The van der Waals surface area contributed by atoms with Crippen LogP contribution in [0.5, 0.6) is 0 Å². The number of methoxy groups -OCH3 is 1. The normalized spacial score (nSPS) is 18.2. The van der Waals surface area contributed by atoms with E-state index in [4.69, 9.17) is 9.47 Å². The highest BCUT2D eigenvalue weighted by molar-refractivity contribution is 6.02. The van der Waals surface area contributed by atoms with Gasteiger partial charge in [-0.2, -0.15) is 0 Å². The topological polar surface area (TPSA) is 67.9 Å². The van der Waals surface area contributed by atoms with Gasteiger partial charge in [-0.1, -0.05) is 12.8 Å². The molecule has 1 aliphatic carbocycles. The summed E-state index contributed by atoms with van der Waals surface area (Å²) in [5.74, 6) is -0.00310. The number of carbonyl (C=O) groups excluding carboxylic acids is 2. The SMILES string of the molecule is COC(=O)c1cc(N2CCOCC2)ccc1NC(=O)CC1CCCC1. The monoisotopic (exact) mass is 346 g/mol. The lowest BCUT2D eigenvalue weighted by Crippen LogP contribution is -2.36. The summed E-state index contributed by atoms with van der Waals surface area (Å²) in [4.78, 5) is 26.7. The Bertz CT molecular complexity index is 620. The van der Waals surface area contributed by atoms with Crippen molar-refractivity contribution in [1.82, 2.24) is 0 Å². The van der Waals surface area contributed by atoms with Crippen LogP contribution in [0.1, 0.15) is 42.5 Å². The molecule has 136 valence electrons. The van der Waals surface area contributed by atoms with Crippen molar-refractivity contribution in [2.24, 2.45) is 5.92 Å². The predicted molar refractivity (Wildman–Crippen MR) is 96.0 cm³/mol. The Morgan fingerprint density at radius 1 is 1.24 bits per heavy atom. The minimum atomic E-state index is -0.439. The van der Waals surface area contributed by atoms with E-state index in [1.165, 1.54) is 20.0 Å². The van der Waals surface area contributed by atoms with Crippen LogP contribution >= 0.6 is 0 Å². The number of nitrogens with zero attached hydrogens (tertiary/aromatic N) is 1. The highest BCUT2D eigenvalue weighted by atomic mass is 16.5. The molecule has 1 saturated carbocycles. The number of rotatable bonds is 5. The average Bonchev–Trinajstić information content (AvgIpc) is 3.15. The number of hydrogen-bond acceptors (Lipinski definition) is 5. The first-order valence-electron chi connectivity index (χ1n) is 9.02. The molecule has 0 unspecified atom stereocenters. The number of esters is 1. The summed E-state index contributed by atoms with van der Waals surface area (Å²) in [5.41, 5.74) is 1.86. The molecule has 1 aromatic rings. The molecule has 1 aliphatic heterocycles. The largest absolute Gasteiger partial charge is 0.465 e. The van der Waals surface area contributed by atoms with Gasteiger partial charge in [-0.15, -0.1) is 0 Å². The molecule has 0 atom stereocenters. The summed E-state index contributed by atoms with van der Waals surface area (Å²) in [6, 6.07) is 5.52. The Morgan fingerprint density at radius 3 is 2.64 bits per heavy atom. The summed E-state index contributed by atoms with van der Waals surface area (Å²) in [6.45, 7) is 2.92. The molecule has 6 heteroatoms. The molecular weight excluding hydrogens is 320 g/mol. The van der Waals surface area contributed by atoms with Crippen molar-refractivity contribution < 1.29 is 19.1 Å². The maximum atomic E-state index is 12.3. The van der Waals surface area contributed by atoms with Crippen LogP contribution < -0.4 is 10.2 Å². The molecule has 2 aliphatic rings. The Hall–Kier alpha value is -2.08. The van der Waals surface area contributed by atoms with Crippen molar-refractivity contribution in [2.75, 3.05) is 43.6 Å². The first-order valence-corrected chi connectivity index (χ1v) is 9.02. The fourth-order valence-electron chi connectivity index (χ4n) is 3.62. The Labute approximate surface area is 148 Å². The molecule has 6 nitrogen and oxygen atoms in total. The van der Waals surface area contributed by atoms with Crippen LogP contribution in [-0.2, 0) is 14.3 Å². The van der Waals surface area contributed by atoms with Crippen molar-refractivity contribution in [3.63, 3.8) is 0 Å². The van der Waals surface area contributed by atoms with Crippen LogP contribution in [0.3, 0.4) is 0 Å². The second kappa shape index (κ2) is 8.34. The number of anilines is 2. The van der Waals surface area contributed by atoms with Gasteiger partial charge in [0.05, 0.1) is 31.6 Å². The zero-order valence-corrected chi connectivity index (χ0v) is 14.8. The molecule has 3 rings (SSSR count). The van der Waals surface area contributed by atoms with E-state index < -0.39 is 5.97 Å². The number of benzene rings is 1. The number of hydrogen-bond donors (Lipinski definition) is 1. The molecular formula is C19H26N2O4. The summed E-state index contributed by atoms with van der Waals surface area (Å²) in [7, 11) is 1.36. The molecule has 0 radical (unpaired) electrons. The quantitative estimate of drug-likeness (QED) is 0.831. The van der Waals surface area contributed by atoms with Crippen molar-refractivity contribution in [3.05, 3.63) is 23.8 Å². The average molecular weight is 346 g/mol. The van der Waals surface area contributed by atoms with E-state index in [0.29, 0.717) is 36.8 Å². The van der Waals surface area contributed by atoms with Gasteiger partial charge in [-0.05, 0) is 37.0 Å². The van der Waals surface area contributed by atoms with Crippen molar-refractivity contribution in [2.45, 2.75) is 32.1 Å². The van der Waals surface area contributed by atoms with Gasteiger partial charge in [0.25, 0.3) is 0 Å². The zero-order valence-electron chi connectivity index (χ0n) is 14.8. The summed E-state index contributed by atoms with van der Waals surface area (Å²) in [6.07, 6.45) is 5.17. The van der Waals surface area contributed by atoms with E-state index >= 15 is 0 Å². The molecule has 0 spiro atoms. The van der Waals surface area contributed by atoms with Gasteiger partial charge in [0, 0.05) is 25.2 Å². The van der Waals surface area contributed by atoms with Gasteiger partial charge in [-0.25, -0.2) is 4.79 Å². The number of carbonyl (C=O) groups is 2. The van der Waals surface area contributed by atoms with E-state index in [1.54, 1.807) is 12.1 Å². The van der Waals surface area contributed by atoms with Gasteiger partial charge in [0.15, 0.2) is 0 Å². The van der Waals surface area contributed by atoms with E-state index in [0.717, 1.165) is 31.6 Å². The van der Waals surface area contributed by atoms with Crippen LogP contribution in [0.2, 0.25) is 0 Å². The van der Waals surface area contributed by atoms with Crippen LogP contribution in [0.15, 0.2) is 18.2 Å².